The molecule has 0 saturated carbocycles. The lowest BCUT2D eigenvalue weighted by Crippen LogP contribution is -2.49. The molecule has 1 aliphatic rings. The number of benzene rings is 2. The van der Waals surface area contributed by atoms with Crippen molar-refractivity contribution in [1.29, 1.82) is 0 Å². The van der Waals surface area contributed by atoms with Crippen LogP contribution in [0, 0.1) is 0 Å². The summed E-state index contributed by atoms with van der Waals surface area (Å²) in [5, 5.41) is 2.77. The number of cyclic esters (lactones) is 1. The fourth-order valence-electron chi connectivity index (χ4n) is 3.18. The molecular weight excluding hydrogens is 342 g/mol. The van der Waals surface area contributed by atoms with Crippen molar-refractivity contribution in [3.63, 3.8) is 0 Å². The summed E-state index contributed by atoms with van der Waals surface area (Å²) in [7, 11) is 0. The number of esters is 1. The molecule has 0 radical (unpaired) electrons. The first kappa shape index (κ1) is 18.8. The van der Waals surface area contributed by atoms with Crippen LogP contribution in [0.5, 0.6) is 0 Å². The Morgan fingerprint density at radius 2 is 1.89 bits per heavy atom. The summed E-state index contributed by atoms with van der Waals surface area (Å²) in [5.74, 6) is -0.682. The number of ether oxygens (including phenoxy) is 1. The first-order valence-corrected chi connectivity index (χ1v) is 8.98. The number of carbonyl (C=O) groups is 3. The zero-order valence-electron chi connectivity index (χ0n) is 16.0. The Labute approximate surface area is 158 Å². The summed E-state index contributed by atoms with van der Waals surface area (Å²) >= 11 is 0. The average molecular weight is 365 g/mol. The minimum atomic E-state index is -1.31. The van der Waals surface area contributed by atoms with Crippen LogP contribution in [-0.4, -0.2) is 23.3 Å². The number of hydrogen-bond acceptors (Lipinski definition) is 4. The maximum Gasteiger partial charge on any atom is 0.339 e. The highest BCUT2D eigenvalue weighted by Crippen LogP contribution is 2.31. The first-order chi connectivity index (χ1) is 12.7. The van der Waals surface area contributed by atoms with E-state index in [2.05, 4.69) is 19.2 Å². The Kier molecular flexibility index (Phi) is 4.87. The third-order valence-electron chi connectivity index (χ3n) is 4.87. The molecule has 1 amide bonds. The maximum atomic E-state index is 12.9. The fraction of sp³-hybridized carbons (Fsp3) is 0.318. The molecule has 0 saturated heterocycles. The van der Waals surface area contributed by atoms with E-state index in [1.807, 2.05) is 12.1 Å². The van der Waals surface area contributed by atoms with E-state index in [1.165, 1.54) is 6.92 Å². The Hall–Kier alpha value is -2.95. The zero-order chi connectivity index (χ0) is 19.8. The van der Waals surface area contributed by atoms with Gasteiger partial charge in [0.15, 0.2) is 11.4 Å². The minimum Gasteiger partial charge on any atom is -0.445 e. The number of fused-ring (bicyclic) bond motifs is 1. The van der Waals surface area contributed by atoms with Gasteiger partial charge in [0, 0.05) is 17.7 Å². The van der Waals surface area contributed by atoms with Gasteiger partial charge in [-0.3, -0.25) is 9.59 Å². The second-order valence-corrected chi connectivity index (χ2v) is 7.46. The minimum absolute atomic E-state index is 0.0865. The van der Waals surface area contributed by atoms with Crippen molar-refractivity contribution < 1.29 is 19.1 Å². The SMILES string of the molecule is CC(=O)c1cccc(NC(=O)C2(C)Cc3cc(C(C)C)ccc3C(=O)O2)c1. The van der Waals surface area contributed by atoms with Gasteiger partial charge in [0.05, 0.1) is 5.56 Å². The van der Waals surface area contributed by atoms with E-state index >= 15 is 0 Å². The lowest BCUT2D eigenvalue weighted by Gasteiger charge is -2.33. The van der Waals surface area contributed by atoms with Crippen molar-refractivity contribution in [2.24, 2.45) is 0 Å². The zero-order valence-corrected chi connectivity index (χ0v) is 16.0. The Morgan fingerprint density at radius 3 is 2.56 bits per heavy atom. The molecule has 27 heavy (non-hydrogen) atoms. The van der Waals surface area contributed by atoms with Gasteiger partial charge in [-0.1, -0.05) is 38.1 Å². The van der Waals surface area contributed by atoms with Crippen LogP contribution in [0.15, 0.2) is 42.5 Å². The summed E-state index contributed by atoms with van der Waals surface area (Å²) in [5.41, 5.74) is 2.11. The van der Waals surface area contributed by atoms with Gasteiger partial charge in [0.2, 0.25) is 0 Å². The van der Waals surface area contributed by atoms with Gasteiger partial charge in [-0.2, -0.15) is 0 Å². The van der Waals surface area contributed by atoms with Crippen LogP contribution in [0.25, 0.3) is 0 Å². The van der Waals surface area contributed by atoms with E-state index < -0.39 is 17.5 Å². The van der Waals surface area contributed by atoms with Crippen LogP contribution in [-0.2, 0) is 16.0 Å². The molecule has 1 unspecified atom stereocenters. The second-order valence-electron chi connectivity index (χ2n) is 7.46. The molecule has 140 valence electrons. The van der Waals surface area contributed by atoms with E-state index in [-0.39, 0.29) is 5.78 Å². The maximum absolute atomic E-state index is 12.9. The number of ketones is 1. The van der Waals surface area contributed by atoms with Gasteiger partial charge in [-0.15, -0.1) is 0 Å². The van der Waals surface area contributed by atoms with E-state index in [9.17, 15) is 14.4 Å². The van der Waals surface area contributed by atoms with Crippen molar-refractivity contribution in [2.75, 3.05) is 5.32 Å². The first-order valence-electron chi connectivity index (χ1n) is 8.98. The van der Waals surface area contributed by atoms with Gasteiger partial charge in [-0.25, -0.2) is 4.79 Å². The van der Waals surface area contributed by atoms with Gasteiger partial charge in [0.1, 0.15) is 0 Å². The quantitative estimate of drug-likeness (QED) is 0.653. The number of hydrogen-bond donors (Lipinski definition) is 1. The summed E-state index contributed by atoms with van der Waals surface area (Å²) < 4.78 is 5.49. The van der Waals surface area contributed by atoms with Gasteiger partial charge in [0.25, 0.3) is 5.91 Å². The largest absolute Gasteiger partial charge is 0.445 e. The lowest BCUT2D eigenvalue weighted by molar-refractivity contribution is -0.134. The normalized spacial score (nSPS) is 18.6. The van der Waals surface area contributed by atoms with Gasteiger partial charge >= 0.3 is 5.97 Å². The van der Waals surface area contributed by atoms with Crippen LogP contribution in [0.4, 0.5) is 5.69 Å². The Bertz CT molecular complexity index is 932. The summed E-state index contributed by atoms with van der Waals surface area (Å²) in [6.45, 7) is 7.24. The highest BCUT2D eigenvalue weighted by atomic mass is 16.6. The number of amides is 1. The molecule has 5 heteroatoms. The van der Waals surface area contributed by atoms with E-state index in [0.29, 0.717) is 29.2 Å². The number of nitrogens with one attached hydrogen (secondary N) is 1. The molecule has 1 N–H and O–H groups in total. The summed E-state index contributed by atoms with van der Waals surface area (Å²) in [6.07, 6.45) is 0.298. The predicted octanol–water partition coefficient (Wildman–Crippen LogP) is 4.12. The van der Waals surface area contributed by atoms with Crippen LogP contribution >= 0.6 is 0 Å². The molecule has 1 atom stereocenters. The monoisotopic (exact) mass is 365 g/mol. The van der Waals surface area contributed by atoms with Crippen molar-refractivity contribution in [1.82, 2.24) is 0 Å². The number of Topliss-reactive ketones (excluding diaryl/α,β-unsaturated/α-hetero) is 1. The highest BCUT2D eigenvalue weighted by Gasteiger charge is 2.42. The Balaban J connectivity index is 1.87. The smallest absolute Gasteiger partial charge is 0.339 e. The third kappa shape index (κ3) is 3.77. The summed E-state index contributed by atoms with van der Waals surface area (Å²) in [4.78, 5) is 36.8. The van der Waals surface area contributed by atoms with E-state index in [1.54, 1.807) is 37.3 Å². The van der Waals surface area contributed by atoms with Crippen LogP contribution < -0.4 is 5.32 Å². The van der Waals surface area contributed by atoms with Gasteiger partial charge < -0.3 is 10.1 Å². The number of rotatable bonds is 4. The topological polar surface area (TPSA) is 72.5 Å². The van der Waals surface area contributed by atoms with E-state index in [0.717, 1.165) is 11.1 Å². The fourth-order valence-corrected chi connectivity index (χ4v) is 3.18. The molecule has 0 aliphatic carbocycles. The van der Waals surface area contributed by atoms with Crippen molar-refractivity contribution >= 4 is 23.3 Å². The molecule has 2 aromatic rings. The molecule has 3 rings (SSSR count). The Morgan fingerprint density at radius 1 is 1.15 bits per heavy atom. The summed E-state index contributed by atoms with van der Waals surface area (Å²) in [6, 6.07) is 12.3. The molecule has 1 heterocycles. The highest BCUT2D eigenvalue weighted by molar-refractivity contribution is 6.03. The van der Waals surface area contributed by atoms with Crippen molar-refractivity contribution in [2.45, 2.75) is 45.6 Å². The molecule has 1 aliphatic heterocycles. The molecule has 0 fully saturated rings. The van der Waals surface area contributed by atoms with Crippen LogP contribution in [0.2, 0.25) is 0 Å². The third-order valence-corrected chi connectivity index (χ3v) is 4.87. The molecule has 5 nitrogen and oxygen atoms in total. The van der Waals surface area contributed by atoms with Crippen molar-refractivity contribution in [3.8, 4) is 0 Å². The average Bonchev–Trinajstić information content (AvgIpc) is 2.61. The molecule has 0 aromatic heterocycles. The molecular formula is C22H23NO4. The molecule has 0 spiro atoms. The van der Waals surface area contributed by atoms with Crippen molar-refractivity contribution in [3.05, 3.63) is 64.7 Å². The van der Waals surface area contributed by atoms with Crippen LogP contribution in [0.3, 0.4) is 0 Å². The van der Waals surface area contributed by atoms with Gasteiger partial charge in [-0.05, 0) is 49.1 Å². The van der Waals surface area contributed by atoms with Crippen LogP contribution in [0.1, 0.15) is 65.5 Å². The predicted molar refractivity (Wildman–Crippen MR) is 103 cm³/mol. The number of carbonyl (C=O) groups excluding carboxylic acids is 3. The standard InChI is InChI=1S/C22H23NO4/c1-13(2)15-8-9-19-17(10-15)12-22(4,27-20(19)25)21(26)23-18-7-5-6-16(11-18)14(3)24/h5-11,13H,12H2,1-4H3,(H,23,26). The molecule has 0 bridgehead atoms. The molecule has 2 aromatic carbocycles. The number of anilines is 1. The van der Waals surface area contributed by atoms with E-state index in [4.69, 9.17) is 4.74 Å². The lowest BCUT2D eigenvalue weighted by atomic mass is 9.86. The second kappa shape index (κ2) is 6.99.